The van der Waals surface area contributed by atoms with E-state index in [9.17, 15) is 4.39 Å². The Hall–Kier alpha value is -2.48. The summed E-state index contributed by atoms with van der Waals surface area (Å²) in [5.74, 6) is 0.549. The van der Waals surface area contributed by atoms with Gasteiger partial charge >= 0.3 is 0 Å². The Morgan fingerprint density at radius 1 is 1.06 bits per heavy atom. The molecule has 1 atom stereocenters. The smallest absolute Gasteiger partial charge is 0.191 e. The van der Waals surface area contributed by atoms with Crippen molar-refractivity contribution in [2.45, 2.75) is 26.1 Å². The fourth-order valence-corrected chi connectivity index (χ4v) is 3.64. The number of morpholine rings is 1. The fraction of sp³-hybridized carbons (Fsp3) is 0.458. The van der Waals surface area contributed by atoms with E-state index in [1.807, 2.05) is 12.1 Å². The monoisotopic (exact) mass is 428 g/mol. The number of aliphatic imine (C=N–C) groups is 1. The highest BCUT2D eigenvalue weighted by atomic mass is 19.1. The molecule has 2 aromatic carbocycles. The molecule has 1 fully saturated rings. The lowest BCUT2D eigenvalue weighted by Gasteiger charge is -2.35. The third-order valence-corrected chi connectivity index (χ3v) is 5.30. The molecule has 1 aliphatic rings. The molecule has 0 spiro atoms. The average Bonchev–Trinajstić information content (AvgIpc) is 2.80. The Kier molecular flexibility index (Phi) is 9.27. The van der Waals surface area contributed by atoms with Crippen molar-refractivity contribution in [1.82, 2.24) is 15.5 Å². The van der Waals surface area contributed by atoms with Gasteiger partial charge in [0, 0.05) is 33.3 Å². The molecule has 0 aromatic heterocycles. The van der Waals surface area contributed by atoms with Gasteiger partial charge in [0.15, 0.2) is 5.96 Å². The maximum absolute atomic E-state index is 13.5. The van der Waals surface area contributed by atoms with Crippen molar-refractivity contribution < 1.29 is 13.9 Å². The molecule has 6 nitrogen and oxygen atoms in total. The van der Waals surface area contributed by atoms with E-state index in [4.69, 9.17) is 14.5 Å². The number of guanidine groups is 1. The number of nitrogens with one attached hydrogen (secondary N) is 2. The third kappa shape index (κ3) is 7.31. The van der Waals surface area contributed by atoms with Crippen LogP contribution < -0.4 is 10.6 Å². The molecular formula is C24H33FN4O2. The molecule has 0 radical (unpaired) electrons. The molecule has 2 N–H and O–H groups in total. The van der Waals surface area contributed by atoms with E-state index in [0.717, 1.165) is 42.3 Å². The van der Waals surface area contributed by atoms with Gasteiger partial charge in [0.25, 0.3) is 0 Å². The Morgan fingerprint density at radius 2 is 1.74 bits per heavy atom. The minimum atomic E-state index is -0.219. The van der Waals surface area contributed by atoms with Crippen molar-refractivity contribution in [2.75, 3.05) is 46.5 Å². The van der Waals surface area contributed by atoms with Gasteiger partial charge in [-0.15, -0.1) is 0 Å². The molecule has 1 unspecified atom stereocenters. The van der Waals surface area contributed by atoms with Gasteiger partial charge in [-0.3, -0.25) is 4.90 Å². The van der Waals surface area contributed by atoms with Gasteiger partial charge in [-0.05, 0) is 35.7 Å². The quantitative estimate of drug-likeness (QED) is 0.475. The number of benzene rings is 2. The van der Waals surface area contributed by atoms with Gasteiger partial charge in [0.05, 0.1) is 32.4 Å². The lowest BCUT2D eigenvalue weighted by Crippen LogP contribution is -2.46. The summed E-state index contributed by atoms with van der Waals surface area (Å²) >= 11 is 0. The summed E-state index contributed by atoms with van der Waals surface area (Å²) < 4.78 is 24.1. The Morgan fingerprint density at radius 3 is 2.39 bits per heavy atom. The molecule has 3 rings (SSSR count). The summed E-state index contributed by atoms with van der Waals surface area (Å²) in [6.45, 7) is 7.82. The molecule has 0 aliphatic carbocycles. The Bertz CT molecular complexity index is 805. The Balaban J connectivity index is 1.67. The van der Waals surface area contributed by atoms with E-state index in [1.165, 1.54) is 12.1 Å². The molecular weight excluding hydrogens is 395 g/mol. The first kappa shape index (κ1) is 23.2. The van der Waals surface area contributed by atoms with Gasteiger partial charge in [-0.1, -0.05) is 36.4 Å². The van der Waals surface area contributed by atoms with E-state index >= 15 is 0 Å². The molecule has 31 heavy (non-hydrogen) atoms. The van der Waals surface area contributed by atoms with Crippen LogP contribution in [0.5, 0.6) is 0 Å². The van der Waals surface area contributed by atoms with E-state index in [2.05, 4.69) is 46.7 Å². The van der Waals surface area contributed by atoms with Crippen molar-refractivity contribution in [3.63, 3.8) is 0 Å². The predicted molar refractivity (Wildman–Crippen MR) is 122 cm³/mol. The van der Waals surface area contributed by atoms with Gasteiger partial charge in [-0.25, -0.2) is 9.38 Å². The lowest BCUT2D eigenvalue weighted by molar-refractivity contribution is 0.0170. The highest BCUT2D eigenvalue weighted by Crippen LogP contribution is 2.21. The molecule has 0 bridgehead atoms. The average molecular weight is 429 g/mol. The van der Waals surface area contributed by atoms with Crippen LogP contribution in [0.15, 0.2) is 53.5 Å². The first-order valence-corrected chi connectivity index (χ1v) is 10.9. The molecule has 1 aliphatic heterocycles. The maximum atomic E-state index is 13.5. The first-order valence-electron chi connectivity index (χ1n) is 10.9. The van der Waals surface area contributed by atoms with Crippen molar-refractivity contribution >= 4 is 5.96 Å². The Labute approximate surface area is 184 Å². The zero-order valence-corrected chi connectivity index (χ0v) is 18.4. The summed E-state index contributed by atoms with van der Waals surface area (Å²) in [5.41, 5.74) is 3.37. The molecule has 2 aromatic rings. The topological polar surface area (TPSA) is 58.1 Å². The number of hydrogen-bond donors (Lipinski definition) is 2. The normalized spacial score (nSPS) is 16.2. The van der Waals surface area contributed by atoms with Crippen LogP contribution >= 0.6 is 0 Å². The summed E-state index contributed by atoms with van der Waals surface area (Å²) in [7, 11) is 1.70. The minimum Gasteiger partial charge on any atom is -0.380 e. The van der Waals surface area contributed by atoms with Crippen LogP contribution in [0, 0.1) is 5.82 Å². The number of methoxy groups -OCH3 is 1. The van der Waals surface area contributed by atoms with Crippen molar-refractivity contribution in [1.29, 1.82) is 0 Å². The largest absolute Gasteiger partial charge is 0.380 e. The third-order valence-electron chi connectivity index (χ3n) is 5.30. The fourth-order valence-electron chi connectivity index (χ4n) is 3.64. The van der Waals surface area contributed by atoms with E-state index in [0.29, 0.717) is 32.9 Å². The summed E-state index contributed by atoms with van der Waals surface area (Å²) in [6.07, 6.45) is 0. The summed E-state index contributed by atoms with van der Waals surface area (Å²) in [6, 6.07) is 15.2. The minimum absolute atomic E-state index is 0.113. The van der Waals surface area contributed by atoms with Crippen LogP contribution in [0.25, 0.3) is 0 Å². The molecule has 0 saturated carbocycles. The van der Waals surface area contributed by atoms with Crippen molar-refractivity contribution in [2.24, 2.45) is 4.99 Å². The molecule has 0 amide bonds. The molecule has 168 valence electrons. The SMILES string of the molecule is CCNC(=NCc1ccc(COC)cc1)NCC(c1ccc(F)cc1)N1CCOCC1. The van der Waals surface area contributed by atoms with Gasteiger partial charge in [0.2, 0.25) is 0 Å². The number of ether oxygens (including phenoxy) is 2. The van der Waals surface area contributed by atoms with Crippen LogP contribution in [-0.4, -0.2) is 57.4 Å². The number of hydrogen-bond acceptors (Lipinski definition) is 4. The molecule has 7 heteroatoms. The van der Waals surface area contributed by atoms with Gasteiger partial charge in [-0.2, -0.15) is 0 Å². The van der Waals surface area contributed by atoms with Gasteiger partial charge < -0.3 is 20.1 Å². The van der Waals surface area contributed by atoms with Crippen molar-refractivity contribution in [3.05, 3.63) is 71.0 Å². The second-order valence-corrected chi connectivity index (χ2v) is 7.54. The molecule has 1 saturated heterocycles. The predicted octanol–water partition coefficient (Wildman–Crippen LogP) is 3.10. The van der Waals surface area contributed by atoms with Crippen LogP contribution in [0.3, 0.4) is 0 Å². The van der Waals surface area contributed by atoms with E-state index in [-0.39, 0.29) is 11.9 Å². The molecule has 1 heterocycles. The first-order chi connectivity index (χ1) is 15.2. The highest BCUT2D eigenvalue weighted by Gasteiger charge is 2.23. The summed E-state index contributed by atoms with van der Waals surface area (Å²) in [5, 5.41) is 6.79. The second-order valence-electron chi connectivity index (χ2n) is 7.54. The number of halogens is 1. The second kappa shape index (κ2) is 12.4. The van der Waals surface area contributed by atoms with Gasteiger partial charge in [0.1, 0.15) is 5.82 Å². The zero-order chi connectivity index (χ0) is 21.9. The summed E-state index contributed by atoms with van der Waals surface area (Å²) in [4.78, 5) is 7.12. The highest BCUT2D eigenvalue weighted by molar-refractivity contribution is 5.79. The number of rotatable bonds is 9. The van der Waals surface area contributed by atoms with Crippen LogP contribution in [0.4, 0.5) is 4.39 Å². The van der Waals surface area contributed by atoms with Crippen LogP contribution in [0.1, 0.15) is 29.7 Å². The maximum Gasteiger partial charge on any atom is 0.191 e. The lowest BCUT2D eigenvalue weighted by atomic mass is 10.0. The van der Waals surface area contributed by atoms with E-state index < -0.39 is 0 Å². The van der Waals surface area contributed by atoms with Crippen molar-refractivity contribution in [3.8, 4) is 0 Å². The van der Waals surface area contributed by atoms with E-state index in [1.54, 1.807) is 7.11 Å². The zero-order valence-electron chi connectivity index (χ0n) is 18.4. The number of nitrogens with zero attached hydrogens (tertiary/aromatic N) is 2. The van der Waals surface area contributed by atoms with Crippen LogP contribution in [-0.2, 0) is 22.6 Å². The van der Waals surface area contributed by atoms with Crippen LogP contribution in [0.2, 0.25) is 0 Å². The standard InChI is InChI=1S/C24H33FN4O2/c1-3-26-24(27-16-19-4-6-20(7-5-19)18-30-2)28-17-23(29-12-14-31-15-13-29)21-8-10-22(25)11-9-21/h4-11,23H,3,12-18H2,1-2H3,(H2,26,27,28).